The zero-order valence-corrected chi connectivity index (χ0v) is 11.8. The van der Waals surface area contributed by atoms with E-state index in [9.17, 15) is 4.79 Å². The van der Waals surface area contributed by atoms with Crippen molar-refractivity contribution in [2.75, 3.05) is 13.1 Å². The van der Waals surface area contributed by atoms with Gasteiger partial charge in [-0.1, -0.05) is 0 Å². The molecule has 0 aliphatic carbocycles. The molecule has 7 nitrogen and oxygen atoms in total. The van der Waals surface area contributed by atoms with Crippen LogP contribution < -0.4 is 10.6 Å². The number of hydrogen-bond acceptors (Lipinski definition) is 3. The van der Waals surface area contributed by atoms with Gasteiger partial charge in [-0.05, 0) is 13.8 Å². The lowest BCUT2D eigenvalue weighted by molar-refractivity contribution is 0.241. The number of carbonyl (C=O) groups excluding carboxylic acids is 1. The molecule has 0 aliphatic heterocycles. The predicted molar refractivity (Wildman–Crippen MR) is 75.5 cm³/mol. The van der Waals surface area contributed by atoms with Crippen molar-refractivity contribution in [1.29, 1.82) is 0 Å². The van der Waals surface area contributed by atoms with Gasteiger partial charge in [0.15, 0.2) is 0 Å². The third kappa shape index (κ3) is 4.42. The summed E-state index contributed by atoms with van der Waals surface area (Å²) in [6.07, 6.45) is 5.06. The molecule has 4 N–H and O–H groups in total. The number of nitrogens with one attached hydrogen (secondary N) is 4. The van der Waals surface area contributed by atoms with Crippen LogP contribution in [0.3, 0.4) is 0 Å². The number of aromatic nitrogens is 4. The molecule has 0 saturated carbocycles. The highest BCUT2D eigenvalue weighted by Gasteiger charge is 2.02. The molecule has 2 amide bonds. The van der Waals surface area contributed by atoms with E-state index in [0.717, 1.165) is 35.9 Å². The highest BCUT2D eigenvalue weighted by atomic mass is 16.2. The van der Waals surface area contributed by atoms with Gasteiger partial charge in [0.05, 0.1) is 0 Å². The molecule has 20 heavy (non-hydrogen) atoms. The molecule has 0 aromatic carbocycles. The Morgan fingerprint density at radius 2 is 1.45 bits per heavy atom. The van der Waals surface area contributed by atoms with E-state index in [2.05, 4.69) is 30.6 Å². The van der Waals surface area contributed by atoms with Gasteiger partial charge < -0.3 is 20.6 Å². The average Bonchev–Trinajstić information content (AvgIpc) is 2.99. The third-order valence-corrected chi connectivity index (χ3v) is 2.87. The first-order valence-corrected chi connectivity index (χ1v) is 6.66. The minimum atomic E-state index is -0.155. The van der Waals surface area contributed by atoms with Gasteiger partial charge >= 0.3 is 6.03 Å². The second-order valence-electron chi connectivity index (χ2n) is 4.67. The second kappa shape index (κ2) is 6.74. The maximum Gasteiger partial charge on any atom is 0.314 e. The van der Waals surface area contributed by atoms with Gasteiger partial charge in [-0.2, -0.15) is 0 Å². The number of carbonyl (C=O) groups is 1. The van der Waals surface area contributed by atoms with Crippen molar-refractivity contribution >= 4 is 6.03 Å². The van der Waals surface area contributed by atoms with Crippen LogP contribution in [0.15, 0.2) is 12.4 Å². The van der Waals surface area contributed by atoms with Crippen molar-refractivity contribution < 1.29 is 4.79 Å². The van der Waals surface area contributed by atoms with Crippen molar-refractivity contribution in [2.45, 2.75) is 26.7 Å². The van der Waals surface area contributed by atoms with Crippen LogP contribution in [0.1, 0.15) is 23.0 Å². The number of nitrogens with zero attached hydrogens (tertiary/aromatic N) is 2. The quantitative estimate of drug-likeness (QED) is 0.629. The maximum absolute atomic E-state index is 11.6. The first-order chi connectivity index (χ1) is 9.63. The maximum atomic E-state index is 11.6. The molecule has 0 saturated heterocycles. The van der Waals surface area contributed by atoms with Crippen molar-refractivity contribution in [3.05, 3.63) is 35.4 Å². The molecular weight excluding hydrogens is 256 g/mol. The standard InChI is InChI=1S/C13H20N6O/c1-9-16-7-11(18-9)3-5-14-13(20)15-6-4-12-8-17-10(2)19-12/h7-8H,3-6H2,1-2H3,(H,16,18)(H,17,19)(H2,14,15,20). The van der Waals surface area contributed by atoms with Crippen LogP contribution >= 0.6 is 0 Å². The molecule has 2 aromatic heterocycles. The minimum Gasteiger partial charge on any atom is -0.346 e. The van der Waals surface area contributed by atoms with E-state index in [0.29, 0.717) is 13.1 Å². The van der Waals surface area contributed by atoms with Crippen LogP contribution in [0.5, 0.6) is 0 Å². The Morgan fingerprint density at radius 3 is 1.80 bits per heavy atom. The van der Waals surface area contributed by atoms with E-state index in [-0.39, 0.29) is 6.03 Å². The summed E-state index contributed by atoms with van der Waals surface area (Å²) < 4.78 is 0. The Bertz CT molecular complexity index is 510. The SMILES string of the molecule is Cc1ncc(CCNC(=O)NCCc2cnc(C)[nH]2)[nH]1. The van der Waals surface area contributed by atoms with E-state index in [4.69, 9.17) is 0 Å². The highest BCUT2D eigenvalue weighted by Crippen LogP contribution is 1.96. The number of rotatable bonds is 6. The molecule has 7 heteroatoms. The van der Waals surface area contributed by atoms with Crippen LogP contribution in [0.4, 0.5) is 4.79 Å². The van der Waals surface area contributed by atoms with Gasteiger partial charge in [-0.3, -0.25) is 0 Å². The Labute approximate surface area is 117 Å². The number of aryl methyl sites for hydroxylation is 2. The van der Waals surface area contributed by atoms with Crippen LogP contribution in [-0.4, -0.2) is 39.1 Å². The molecule has 0 radical (unpaired) electrons. The van der Waals surface area contributed by atoms with E-state index in [1.807, 2.05) is 13.8 Å². The fraction of sp³-hybridized carbons (Fsp3) is 0.462. The fourth-order valence-corrected chi connectivity index (χ4v) is 1.88. The molecule has 0 unspecified atom stereocenters. The molecule has 108 valence electrons. The summed E-state index contributed by atoms with van der Waals surface area (Å²) in [5, 5.41) is 5.62. The molecule has 0 atom stereocenters. The fourth-order valence-electron chi connectivity index (χ4n) is 1.88. The predicted octanol–water partition coefficient (Wildman–Crippen LogP) is 0.834. The van der Waals surface area contributed by atoms with E-state index < -0.39 is 0 Å². The Kier molecular flexibility index (Phi) is 4.75. The summed E-state index contributed by atoms with van der Waals surface area (Å²) >= 11 is 0. The van der Waals surface area contributed by atoms with Crippen molar-refractivity contribution in [1.82, 2.24) is 30.6 Å². The lowest BCUT2D eigenvalue weighted by Gasteiger charge is -2.06. The number of imidazole rings is 2. The number of amides is 2. The van der Waals surface area contributed by atoms with Crippen LogP contribution in [0, 0.1) is 13.8 Å². The first kappa shape index (κ1) is 14.1. The zero-order valence-electron chi connectivity index (χ0n) is 11.8. The largest absolute Gasteiger partial charge is 0.346 e. The zero-order chi connectivity index (χ0) is 14.4. The third-order valence-electron chi connectivity index (χ3n) is 2.87. The smallest absolute Gasteiger partial charge is 0.314 e. The normalized spacial score (nSPS) is 10.5. The number of hydrogen-bond donors (Lipinski definition) is 4. The number of H-pyrrole nitrogens is 2. The van der Waals surface area contributed by atoms with E-state index in [1.54, 1.807) is 12.4 Å². The lowest BCUT2D eigenvalue weighted by atomic mass is 10.3. The number of urea groups is 1. The lowest BCUT2D eigenvalue weighted by Crippen LogP contribution is -2.37. The van der Waals surface area contributed by atoms with Crippen molar-refractivity contribution in [2.24, 2.45) is 0 Å². The van der Waals surface area contributed by atoms with E-state index >= 15 is 0 Å². The molecule has 0 aliphatic rings. The van der Waals surface area contributed by atoms with E-state index in [1.165, 1.54) is 0 Å². The van der Waals surface area contributed by atoms with Crippen molar-refractivity contribution in [3.63, 3.8) is 0 Å². The van der Waals surface area contributed by atoms with Gasteiger partial charge in [-0.15, -0.1) is 0 Å². The summed E-state index contributed by atoms with van der Waals surface area (Å²) in [5.74, 6) is 1.78. The van der Waals surface area contributed by atoms with Gasteiger partial charge in [0.1, 0.15) is 11.6 Å². The summed E-state index contributed by atoms with van der Waals surface area (Å²) in [4.78, 5) is 26.0. The molecule has 2 heterocycles. The van der Waals surface area contributed by atoms with Gasteiger partial charge in [0, 0.05) is 49.7 Å². The van der Waals surface area contributed by atoms with Crippen LogP contribution in [0.25, 0.3) is 0 Å². The Balaban J connectivity index is 1.58. The monoisotopic (exact) mass is 276 g/mol. The summed E-state index contributed by atoms with van der Waals surface area (Å²) in [6, 6.07) is -0.155. The molecule has 0 fully saturated rings. The summed E-state index contributed by atoms with van der Waals surface area (Å²) in [7, 11) is 0. The number of aromatic amines is 2. The average molecular weight is 276 g/mol. The van der Waals surface area contributed by atoms with Crippen LogP contribution in [0.2, 0.25) is 0 Å². The molecule has 0 spiro atoms. The Morgan fingerprint density at radius 1 is 1.00 bits per heavy atom. The highest BCUT2D eigenvalue weighted by molar-refractivity contribution is 5.73. The minimum absolute atomic E-state index is 0.155. The molecule has 0 bridgehead atoms. The topological polar surface area (TPSA) is 98.5 Å². The molecular formula is C13H20N6O. The Hall–Kier alpha value is -2.31. The molecule has 2 aromatic rings. The van der Waals surface area contributed by atoms with Crippen molar-refractivity contribution in [3.8, 4) is 0 Å². The van der Waals surface area contributed by atoms with Crippen LogP contribution in [-0.2, 0) is 12.8 Å². The summed E-state index contributed by atoms with van der Waals surface area (Å²) in [5.41, 5.74) is 2.05. The molecule has 2 rings (SSSR count). The second-order valence-corrected chi connectivity index (χ2v) is 4.67. The van der Waals surface area contributed by atoms with Gasteiger partial charge in [0.25, 0.3) is 0 Å². The first-order valence-electron chi connectivity index (χ1n) is 6.66. The van der Waals surface area contributed by atoms with Gasteiger partial charge in [-0.25, -0.2) is 14.8 Å². The van der Waals surface area contributed by atoms with Gasteiger partial charge in [0.2, 0.25) is 0 Å². The summed E-state index contributed by atoms with van der Waals surface area (Å²) in [6.45, 7) is 4.97.